The van der Waals surface area contributed by atoms with Crippen molar-refractivity contribution in [3.05, 3.63) is 80.0 Å². The van der Waals surface area contributed by atoms with Gasteiger partial charge in [0, 0.05) is 50.4 Å². The van der Waals surface area contributed by atoms with Crippen molar-refractivity contribution in [1.82, 2.24) is 15.0 Å². The lowest BCUT2D eigenvalue weighted by molar-refractivity contribution is 0.111. The lowest BCUT2D eigenvalue weighted by Crippen LogP contribution is -2.34. The largest absolute Gasteiger partial charge is 0.348 e. The first-order chi connectivity index (χ1) is 39.4. The van der Waals surface area contributed by atoms with Gasteiger partial charge in [-0.2, -0.15) is 0 Å². The van der Waals surface area contributed by atoms with Crippen molar-refractivity contribution in [3.63, 3.8) is 0 Å². The lowest BCUT2D eigenvalue weighted by Gasteiger charge is -2.30. The van der Waals surface area contributed by atoms with E-state index in [0.29, 0.717) is 17.8 Å². The zero-order valence-electron chi connectivity index (χ0n) is 52.9. The van der Waals surface area contributed by atoms with Crippen molar-refractivity contribution >= 4 is 68.3 Å². The molecule has 0 N–H and O–H groups in total. The van der Waals surface area contributed by atoms with E-state index in [4.69, 9.17) is 15.0 Å². The van der Waals surface area contributed by atoms with Gasteiger partial charge in [0.2, 0.25) is 0 Å². The molecular formula is C69H110N6O3S3. The van der Waals surface area contributed by atoms with Crippen LogP contribution < -0.4 is 14.7 Å². The van der Waals surface area contributed by atoms with E-state index in [9.17, 15) is 14.4 Å². The highest BCUT2D eigenvalue weighted by Crippen LogP contribution is 2.37. The Morgan fingerprint density at radius 2 is 0.827 bits per heavy atom. The van der Waals surface area contributed by atoms with Gasteiger partial charge in [0.15, 0.2) is 34.3 Å². The average molecular weight is 1170 g/mol. The molecule has 2 atom stereocenters. The predicted molar refractivity (Wildman–Crippen MR) is 357 cm³/mol. The molecular weight excluding hydrogens is 1060 g/mol. The molecule has 0 aliphatic heterocycles. The third-order valence-corrected chi connectivity index (χ3v) is 18.7. The molecule has 81 heavy (non-hydrogen) atoms. The maximum absolute atomic E-state index is 11.7. The number of unbranched alkanes of at least 4 members (excludes halogenated alkanes) is 14. The summed E-state index contributed by atoms with van der Waals surface area (Å²) >= 11 is 4.68. The van der Waals surface area contributed by atoms with Crippen molar-refractivity contribution in [1.29, 1.82) is 0 Å². The molecule has 9 nitrogen and oxygen atoms in total. The van der Waals surface area contributed by atoms with Gasteiger partial charge in [-0.15, -0.1) is 0 Å². The Morgan fingerprint density at radius 3 is 1.25 bits per heavy atom. The first-order valence-corrected chi connectivity index (χ1v) is 34.6. The monoisotopic (exact) mass is 1170 g/mol. The molecule has 0 bridgehead atoms. The van der Waals surface area contributed by atoms with Crippen LogP contribution in [0.1, 0.15) is 275 Å². The smallest absolute Gasteiger partial charge is 0.186 e. The molecule has 3 aromatic heterocycles. The van der Waals surface area contributed by atoms with Gasteiger partial charge in [0.05, 0.1) is 31.7 Å². The second-order valence-corrected chi connectivity index (χ2v) is 25.8. The molecule has 0 spiro atoms. The molecule has 2 aromatic carbocycles. The number of aryl methyl sites for hydroxylation is 2. The standard InChI is InChI=1S/C26H40N2OS.C23H42N2OS.C20H28N2OS/c1-3-5-7-9-11-16-20-28(21-17-12-10-8-6-4-2)26-27-25(24(22-29)30-26)23-18-14-13-15-19-23;1-7-11-13-19(9-3)15-25(16-20(10-4)14-12-8-2)23-24-22(18(5)6)21(17-26)27-23;1-5-7-12-22(13-8-6-2)20-21-19(17(14-23)24-20)18-15(3)10-9-11-16(18)4/h13-15,18-19,22H,3-12,16-17,20-21H2,1-2H3;17-20H,7-16H2,1-6H3;9-11,14H,5-8,12-13H2,1-4H3. The number of aromatic nitrogens is 3. The molecule has 5 rings (SSSR count). The maximum atomic E-state index is 11.7. The second kappa shape index (κ2) is 42.5. The van der Waals surface area contributed by atoms with Crippen LogP contribution in [0.5, 0.6) is 0 Å². The van der Waals surface area contributed by atoms with Crippen molar-refractivity contribution in [3.8, 4) is 22.5 Å². The highest BCUT2D eigenvalue weighted by molar-refractivity contribution is 7.18. The first kappa shape index (κ1) is 71.0. The van der Waals surface area contributed by atoms with Crippen LogP contribution in [0, 0.1) is 25.7 Å². The zero-order valence-corrected chi connectivity index (χ0v) is 55.4. The quantitative estimate of drug-likeness (QED) is 0.0280. The molecule has 0 amide bonds. The van der Waals surface area contributed by atoms with E-state index in [1.54, 1.807) is 22.7 Å². The predicted octanol–water partition coefficient (Wildman–Crippen LogP) is 21.1. The molecule has 12 heteroatoms. The summed E-state index contributed by atoms with van der Waals surface area (Å²) in [6, 6.07) is 16.3. The number of anilines is 3. The minimum Gasteiger partial charge on any atom is -0.348 e. The summed E-state index contributed by atoms with van der Waals surface area (Å²) in [5, 5.41) is 3.06. The maximum Gasteiger partial charge on any atom is 0.186 e. The number of thiazole rings is 3. The fourth-order valence-electron chi connectivity index (χ4n) is 10.4. The molecule has 0 radical (unpaired) electrons. The number of carbonyl (C=O) groups excluding carboxylic acids is 3. The van der Waals surface area contributed by atoms with Crippen LogP contribution in [0.15, 0.2) is 48.5 Å². The number of nitrogens with zero attached hydrogens (tertiary/aromatic N) is 6. The van der Waals surface area contributed by atoms with Crippen LogP contribution in [0.2, 0.25) is 0 Å². The van der Waals surface area contributed by atoms with Crippen LogP contribution in [-0.2, 0) is 0 Å². The summed E-state index contributed by atoms with van der Waals surface area (Å²) in [6.07, 6.45) is 33.3. The van der Waals surface area contributed by atoms with E-state index in [-0.39, 0.29) is 0 Å². The highest BCUT2D eigenvalue weighted by atomic mass is 32.1. The van der Waals surface area contributed by atoms with Crippen molar-refractivity contribution in [2.45, 2.75) is 243 Å². The van der Waals surface area contributed by atoms with E-state index in [2.05, 4.69) is 116 Å². The van der Waals surface area contributed by atoms with E-state index >= 15 is 0 Å². The van der Waals surface area contributed by atoms with Gasteiger partial charge >= 0.3 is 0 Å². The van der Waals surface area contributed by atoms with Gasteiger partial charge in [-0.3, -0.25) is 14.4 Å². The Balaban J connectivity index is 0.000000321. The number of hydrogen-bond donors (Lipinski definition) is 0. The number of aldehydes is 3. The number of benzene rings is 2. The van der Waals surface area contributed by atoms with Gasteiger partial charge in [0.25, 0.3) is 0 Å². The molecule has 0 saturated carbocycles. The number of carbonyl (C=O) groups is 3. The number of hydrogen-bond acceptors (Lipinski definition) is 12. The van der Waals surface area contributed by atoms with Crippen molar-refractivity contribution in [2.75, 3.05) is 54.0 Å². The van der Waals surface area contributed by atoms with E-state index in [1.807, 2.05) is 30.3 Å². The molecule has 0 saturated heterocycles. The first-order valence-electron chi connectivity index (χ1n) is 32.2. The molecule has 452 valence electrons. The average Bonchev–Trinajstić information content (AvgIpc) is 4.34. The van der Waals surface area contributed by atoms with Crippen LogP contribution >= 0.6 is 34.0 Å². The van der Waals surface area contributed by atoms with Crippen LogP contribution in [0.3, 0.4) is 0 Å². The topological polar surface area (TPSA) is 99.6 Å². The zero-order chi connectivity index (χ0) is 59.2. The fraction of sp³-hybridized carbons (Fsp3) is 0.652. The minimum absolute atomic E-state index is 0.293. The van der Waals surface area contributed by atoms with Crippen molar-refractivity contribution < 1.29 is 14.4 Å². The SMILES string of the molecule is CCCCC(CC)CN(CC(CC)CCCC)c1nc(C(C)C)c(C=O)s1.CCCCCCCCN(CCCCCCCC)c1nc(-c2ccccc2)c(C=O)s1.CCCCN(CCCC)c1nc(-c2c(C)cccc2C)c(C=O)s1. The molecule has 0 fully saturated rings. The van der Waals surface area contributed by atoms with E-state index < -0.39 is 0 Å². The van der Waals surface area contributed by atoms with Gasteiger partial charge < -0.3 is 14.7 Å². The van der Waals surface area contributed by atoms with E-state index in [0.717, 1.165) is 142 Å². The van der Waals surface area contributed by atoms with Crippen LogP contribution in [0.25, 0.3) is 22.5 Å². The molecule has 0 aliphatic carbocycles. The fourth-order valence-corrected chi connectivity index (χ4v) is 13.3. The number of rotatable bonds is 41. The van der Waals surface area contributed by atoms with E-state index in [1.165, 1.54) is 151 Å². The Labute approximate surface area is 506 Å². The Bertz CT molecular complexity index is 2370. The van der Waals surface area contributed by atoms with Gasteiger partial charge in [-0.1, -0.05) is 267 Å². The van der Waals surface area contributed by atoms with Crippen molar-refractivity contribution in [2.24, 2.45) is 11.8 Å². The second-order valence-electron chi connectivity index (χ2n) is 22.8. The normalized spacial score (nSPS) is 11.9. The Hall–Kier alpha value is -4.26. The summed E-state index contributed by atoms with van der Waals surface area (Å²) in [6.45, 7) is 32.8. The summed E-state index contributed by atoms with van der Waals surface area (Å²) in [4.78, 5) is 59.2. The molecule has 2 unspecified atom stereocenters. The minimum atomic E-state index is 0.293. The van der Waals surface area contributed by atoms with Crippen LogP contribution in [0.4, 0.5) is 15.4 Å². The Kier molecular flexibility index (Phi) is 37.3. The van der Waals surface area contributed by atoms with Gasteiger partial charge in [-0.05, 0) is 81.3 Å². The third kappa shape index (κ3) is 25.2. The molecule has 0 aliphatic rings. The summed E-state index contributed by atoms with van der Waals surface area (Å²) in [5.74, 6) is 1.71. The summed E-state index contributed by atoms with van der Waals surface area (Å²) in [5.41, 5.74) is 7.12. The van der Waals surface area contributed by atoms with Crippen LogP contribution in [-0.4, -0.2) is 73.1 Å². The van der Waals surface area contributed by atoms with Gasteiger partial charge in [0.1, 0.15) is 0 Å². The van der Waals surface area contributed by atoms with Gasteiger partial charge in [-0.25, -0.2) is 15.0 Å². The molecule has 3 heterocycles. The third-order valence-electron chi connectivity index (χ3n) is 15.6. The lowest BCUT2D eigenvalue weighted by atomic mass is 9.96. The highest BCUT2D eigenvalue weighted by Gasteiger charge is 2.24. The Morgan fingerprint density at radius 1 is 0.432 bits per heavy atom. The summed E-state index contributed by atoms with van der Waals surface area (Å²) < 4.78 is 0. The molecule has 5 aromatic rings. The summed E-state index contributed by atoms with van der Waals surface area (Å²) in [7, 11) is 0.